The van der Waals surface area contributed by atoms with Crippen LogP contribution >= 0.6 is 11.6 Å². The molecule has 0 aliphatic carbocycles. The molecule has 2 N–H and O–H groups in total. The number of hydrogen-bond acceptors (Lipinski definition) is 5. The Hall–Kier alpha value is -3.19. The van der Waals surface area contributed by atoms with Gasteiger partial charge in [0, 0.05) is 5.02 Å². The number of hydrogen-bond donors (Lipinski definition) is 1. The fraction of sp³-hybridized carbons (Fsp3) is 0. The molecular weight excluding hydrogens is 328 g/mol. The molecule has 0 saturated carbocycles. The summed E-state index contributed by atoms with van der Waals surface area (Å²) in [6.45, 7) is 0. The number of fused-ring (bicyclic) bond motifs is 1. The summed E-state index contributed by atoms with van der Waals surface area (Å²) < 4.78 is 3.15. The van der Waals surface area contributed by atoms with Gasteiger partial charge in [-0.05, 0) is 24.3 Å². The number of para-hydroxylation sites is 1. The van der Waals surface area contributed by atoms with E-state index in [4.69, 9.17) is 17.3 Å². The molecule has 24 heavy (non-hydrogen) atoms. The zero-order chi connectivity index (χ0) is 16.7. The summed E-state index contributed by atoms with van der Waals surface area (Å²) in [5.74, 6) is 0.127. The lowest BCUT2D eigenvalue weighted by Crippen LogP contribution is -2.23. The van der Waals surface area contributed by atoms with Crippen LogP contribution in [0.4, 0.5) is 5.82 Å². The highest BCUT2D eigenvalue weighted by Gasteiger charge is 2.16. The quantitative estimate of drug-likeness (QED) is 0.605. The van der Waals surface area contributed by atoms with E-state index in [1.165, 1.54) is 17.2 Å². The van der Waals surface area contributed by atoms with Crippen molar-refractivity contribution >= 4 is 28.3 Å². The molecule has 0 aliphatic heterocycles. The van der Waals surface area contributed by atoms with Crippen LogP contribution in [0.25, 0.3) is 22.3 Å². The largest absolute Gasteiger partial charge is 0.383 e. The molecule has 7 nitrogen and oxygen atoms in total. The second-order valence-corrected chi connectivity index (χ2v) is 5.58. The Labute approximate surface area is 141 Å². The van der Waals surface area contributed by atoms with Crippen molar-refractivity contribution in [3.8, 4) is 11.4 Å². The molecule has 0 fully saturated rings. The van der Waals surface area contributed by atoms with E-state index in [1.54, 1.807) is 16.7 Å². The lowest BCUT2D eigenvalue weighted by Gasteiger charge is -2.14. The Kier molecular flexibility index (Phi) is 3.28. The molecule has 0 bridgehead atoms. The third-order valence-corrected chi connectivity index (χ3v) is 3.90. The van der Waals surface area contributed by atoms with E-state index in [0.717, 1.165) is 0 Å². The van der Waals surface area contributed by atoms with Gasteiger partial charge in [0.1, 0.15) is 18.5 Å². The summed E-state index contributed by atoms with van der Waals surface area (Å²) in [7, 11) is 0. The number of rotatable bonds is 2. The number of nitrogens with zero attached hydrogens (tertiary/aromatic N) is 5. The summed E-state index contributed by atoms with van der Waals surface area (Å²) in [5.41, 5.74) is 7.46. The molecule has 0 radical (unpaired) electrons. The molecule has 2 aromatic heterocycles. The van der Waals surface area contributed by atoms with Crippen LogP contribution in [-0.4, -0.2) is 24.3 Å². The van der Waals surface area contributed by atoms with Gasteiger partial charge in [0.2, 0.25) is 0 Å². The second kappa shape index (κ2) is 5.47. The smallest absolute Gasteiger partial charge is 0.354 e. The van der Waals surface area contributed by atoms with Crippen LogP contribution in [0, 0.1) is 0 Å². The van der Waals surface area contributed by atoms with Gasteiger partial charge < -0.3 is 5.73 Å². The van der Waals surface area contributed by atoms with E-state index in [-0.39, 0.29) is 5.82 Å². The first kappa shape index (κ1) is 14.4. The van der Waals surface area contributed by atoms with Crippen LogP contribution in [-0.2, 0) is 0 Å². The van der Waals surface area contributed by atoms with Gasteiger partial charge in [-0.1, -0.05) is 29.8 Å². The lowest BCUT2D eigenvalue weighted by molar-refractivity contribution is 0.960. The van der Waals surface area contributed by atoms with E-state index >= 15 is 0 Å². The highest BCUT2D eigenvalue weighted by atomic mass is 35.5. The van der Waals surface area contributed by atoms with Crippen LogP contribution in [0.2, 0.25) is 5.02 Å². The van der Waals surface area contributed by atoms with Crippen molar-refractivity contribution in [3.63, 3.8) is 0 Å². The maximum Gasteiger partial charge on any atom is 0.354 e. The summed E-state index contributed by atoms with van der Waals surface area (Å²) in [5, 5.41) is 8.66. The lowest BCUT2D eigenvalue weighted by atomic mass is 10.1. The number of nitrogen functional groups attached to an aromatic ring is 1. The molecule has 0 unspecified atom stereocenters. The van der Waals surface area contributed by atoms with Gasteiger partial charge in [0.25, 0.3) is 0 Å². The zero-order valence-corrected chi connectivity index (χ0v) is 13.1. The maximum absolute atomic E-state index is 12.5. The van der Waals surface area contributed by atoms with Crippen molar-refractivity contribution in [2.75, 3.05) is 5.73 Å². The molecule has 0 amide bonds. The second-order valence-electron chi connectivity index (χ2n) is 5.14. The molecule has 8 heteroatoms. The predicted octanol–water partition coefficient (Wildman–Crippen LogP) is 2.20. The Bertz CT molecular complexity index is 1090. The van der Waals surface area contributed by atoms with Crippen molar-refractivity contribution in [2.45, 2.75) is 0 Å². The number of halogens is 1. The summed E-state index contributed by atoms with van der Waals surface area (Å²) >= 11 is 6.27. The fourth-order valence-corrected chi connectivity index (χ4v) is 2.89. The van der Waals surface area contributed by atoms with Crippen LogP contribution in [0.5, 0.6) is 0 Å². The topological polar surface area (TPSA) is 91.6 Å². The molecular formula is C16H11ClN6O. The zero-order valence-electron chi connectivity index (χ0n) is 12.3. The third kappa shape index (κ3) is 2.22. The summed E-state index contributed by atoms with van der Waals surface area (Å²) in [4.78, 5) is 16.4. The first-order valence-electron chi connectivity index (χ1n) is 7.07. The molecule has 0 aliphatic rings. The van der Waals surface area contributed by atoms with E-state index in [9.17, 15) is 4.79 Å². The molecule has 2 aromatic carbocycles. The van der Waals surface area contributed by atoms with Gasteiger partial charge in [-0.3, -0.25) is 9.13 Å². The van der Waals surface area contributed by atoms with Gasteiger partial charge in [-0.25, -0.2) is 4.79 Å². The molecule has 4 rings (SSSR count). The molecule has 0 saturated heterocycles. The van der Waals surface area contributed by atoms with Crippen LogP contribution in [0.3, 0.4) is 0 Å². The Balaban J connectivity index is 2.18. The van der Waals surface area contributed by atoms with E-state index in [1.807, 2.05) is 30.3 Å². The SMILES string of the molecule is Nc1nc(=O)n(-c2ccccc2)c2cc(Cl)cc(-n3cnnc3)c12. The first-order chi connectivity index (χ1) is 11.6. The monoisotopic (exact) mass is 338 g/mol. The molecule has 2 heterocycles. The predicted molar refractivity (Wildman–Crippen MR) is 91.7 cm³/mol. The third-order valence-electron chi connectivity index (χ3n) is 3.68. The number of aromatic nitrogens is 5. The highest BCUT2D eigenvalue weighted by Crippen LogP contribution is 2.30. The standard InChI is InChI=1S/C16H11ClN6O/c17-10-6-12(22-8-19-20-9-22)14-13(7-10)23(16(24)21-15(14)18)11-4-2-1-3-5-11/h1-9H,(H2,18,21,24). The van der Waals surface area contributed by atoms with Gasteiger partial charge in [-0.15, -0.1) is 10.2 Å². The number of nitrogens with two attached hydrogens (primary N) is 1. The molecule has 0 atom stereocenters. The maximum atomic E-state index is 12.5. The average Bonchev–Trinajstić information content (AvgIpc) is 3.09. The Morgan fingerprint density at radius 1 is 1.04 bits per heavy atom. The molecule has 4 aromatic rings. The first-order valence-corrected chi connectivity index (χ1v) is 7.45. The van der Waals surface area contributed by atoms with Crippen molar-refractivity contribution in [1.82, 2.24) is 24.3 Å². The minimum absolute atomic E-state index is 0.127. The van der Waals surface area contributed by atoms with E-state index in [2.05, 4.69) is 15.2 Å². The molecule has 0 spiro atoms. The van der Waals surface area contributed by atoms with E-state index in [0.29, 0.717) is 27.3 Å². The minimum Gasteiger partial charge on any atom is -0.383 e. The van der Waals surface area contributed by atoms with Gasteiger partial charge in [-0.2, -0.15) is 4.98 Å². The highest BCUT2D eigenvalue weighted by molar-refractivity contribution is 6.31. The number of anilines is 1. The van der Waals surface area contributed by atoms with Crippen LogP contribution in [0.1, 0.15) is 0 Å². The normalized spacial score (nSPS) is 11.0. The summed E-state index contributed by atoms with van der Waals surface area (Å²) in [6, 6.07) is 12.6. The van der Waals surface area contributed by atoms with Gasteiger partial charge >= 0.3 is 5.69 Å². The minimum atomic E-state index is -0.469. The Morgan fingerprint density at radius 2 is 1.75 bits per heavy atom. The Morgan fingerprint density at radius 3 is 2.46 bits per heavy atom. The van der Waals surface area contributed by atoms with Crippen molar-refractivity contribution in [1.29, 1.82) is 0 Å². The van der Waals surface area contributed by atoms with Crippen LogP contribution < -0.4 is 11.4 Å². The van der Waals surface area contributed by atoms with E-state index < -0.39 is 5.69 Å². The van der Waals surface area contributed by atoms with Crippen molar-refractivity contribution in [3.05, 3.63) is 70.6 Å². The van der Waals surface area contributed by atoms with Crippen molar-refractivity contribution < 1.29 is 0 Å². The van der Waals surface area contributed by atoms with Crippen molar-refractivity contribution in [2.24, 2.45) is 0 Å². The molecule has 118 valence electrons. The summed E-state index contributed by atoms with van der Waals surface area (Å²) in [6.07, 6.45) is 3.06. The van der Waals surface area contributed by atoms with Gasteiger partial charge in [0.05, 0.1) is 22.3 Å². The fourth-order valence-electron chi connectivity index (χ4n) is 2.68. The average molecular weight is 339 g/mol. The van der Waals surface area contributed by atoms with Crippen LogP contribution in [0.15, 0.2) is 59.9 Å². The van der Waals surface area contributed by atoms with Gasteiger partial charge in [0.15, 0.2) is 0 Å². The number of benzene rings is 2.